The first-order valence-electron chi connectivity index (χ1n) is 5.94. The normalized spacial score (nSPS) is 17.9. The van der Waals surface area contributed by atoms with Crippen LogP contribution in [-0.4, -0.2) is 38.3 Å². The molecule has 0 unspecified atom stereocenters. The summed E-state index contributed by atoms with van der Waals surface area (Å²) < 4.78 is 26.3. The molecule has 1 aliphatic rings. The maximum Gasteiger partial charge on any atom is 0.243 e. The van der Waals surface area contributed by atoms with Gasteiger partial charge < -0.3 is 5.32 Å². The number of nitrogens with one attached hydrogen (secondary N) is 1. The fraction of sp³-hybridized carbons (Fsp3) is 0.417. The smallest absolute Gasteiger partial charge is 0.243 e. The molecule has 1 fully saturated rings. The minimum atomic E-state index is -3.68. The first-order chi connectivity index (χ1) is 8.91. The van der Waals surface area contributed by atoms with Crippen LogP contribution >= 0.6 is 11.6 Å². The van der Waals surface area contributed by atoms with Crippen molar-refractivity contribution < 1.29 is 13.2 Å². The van der Waals surface area contributed by atoms with Crippen molar-refractivity contribution in [2.45, 2.75) is 18.2 Å². The summed E-state index contributed by atoms with van der Waals surface area (Å²) in [5.41, 5.74) is 0.619. The number of halogens is 1. The summed E-state index contributed by atoms with van der Waals surface area (Å²) in [6, 6.07) is 4.73. The average molecular weight is 303 g/mol. The molecule has 1 aliphatic heterocycles. The minimum Gasteiger partial charge on any atom is -0.355 e. The van der Waals surface area contributed by atoms with Crippen LogP contribution in [-0.2, 0) is 14.8 Å². The third kappa shape index (κ3) is 3.08. The lowest BCUT2D eigenvalue weighted by atomic mass is 10.2. The van der Waals surface area contributed by atoms with Crippen molar-refractivity contribution in [3.63, 3.8) is 0 Å². The number of carbonyl (C=O) groups is 1. The van der Waals surface area contributed by atoms with Crippen LogP contribution < -0.4 is 5.32 Å². The molecule has 5 nitrogen and oxygen atoms in total. The molecule has 7 heteroatoms. The molecule has 1 saturated heterocycles. The van der Waals surface area contributed by atoms with E-state index in [4.69, 9.17) is 11.6 Å². The number of nitrogens with zero attached hydrogens (tertiary/aromatic N) is 1. The predicted octanol–water partition coefficient (Wildman–Crippen LogP) is 1.16. The fourth-order valence-corrected chi connectivity index (χ4v) is 3.90. The van der Waals surface area contributed by atoms with E-state index in [9.17, 15) is 13.2 Å². The highest BCUT2D eigenvalue weighted by atomic mass is 35.5. The Bertz CT molecular complexity index is 601. The summed E-state index contributed by atoms with van der Waals surface area (Å²) in [6.07, 6.45) is 0.602. The summed E-state index contributed by atoms with van der Waals surface area (Å²) in [4.78, 5) is 11.6. The van der Waals surface area contributed by atoms with Crippen molar-refractivity contribution in [2.75, 3.05) is 19.6 Å². The Morgan fingerprint density at radius 2 is 2.11 bits per heavy atom. The summed E-state index contributed by atoms with van der Waals surface area (Å²) in [5, 5.41) is 3.02. The van der Waals surface area contributed by atoms with E-state index in [1.807, 2.05) is 0 Å². The first-order valence-corrected chi connectivity index (χ1v) is 7.76. The van der Waals surface area contributed by atoms with Crippen LogP contribution in [0.25, 0.3) is 0 Å². The lowest BCUT2D eigenvalue weighted by Gasteiger charge is -2.20. The Morgan fingerprint density at radius 3 is 2.84 bits per heavy atom. The molecule has 1 amide bonds. The van der Waals surface area contributed by atoms with E-state index in [2.05, 4.69) is 5.32 Å². The second-order valence-electron chi connectivity index (χ2n) is 4.45. The summed E-state index contributed by atoms with van der Waals surface area (Å²) in [7, 11) is -3.68. The molecule has 2 rings (SSSR count). The van der Waals surface area contributed by atoms with Crippen LogP contribution in [0.4, 0.5) is 0 Å². The summed E-state index contributed by atoms with van der Waals surface area (Å²) in [6.45, 7) is 2.39. The van der Waals surface area contributed by atoms with Gasteiger partial charge in [-0.05, 0) is 31.0 Å². The predicted molar refractivity (Wildman–Crippen MR) is 72.6 cm³/mol. The Hall–Kier alpha value is -1.11. The van der Waals surface area contributed by atoms with Crippen molar-refractivity contribution in [1.29, 1.82) is 0 Å². The van der Waals surface area contributed by atoms with Gasteiger partial charge in [0.25, 0.3) is 0 Å². The summed E-state index contributed by atoms with van der Waals surface area (Å²) in [5.74, 6) is -0.277. The number of benzene rings is 1. The molecule has 1 aromatic rings. The molecule has 0 bridgehead atoms. The zero-order chi connectivity index (χ0) is 14.0. The molecule has 0 radical (unpaired) electrons. The molecule has 1 aromatic carbocycles. The molecule has 0 aromatic heterocycles. The maximum absolute atomic E-state index is 12.5. The van der Waals surface area contributed by atoms with E-state index < -0.39 is 10.0 Å². The molecule has 0 atom stereocenters. The van der Waals surface area contributed by atoms with Gasteiger partial charge in [-0.15, -0.1) is 0 Å². The zero-order valence-corrected chi connectivity index (χ0v) is 12.1. The SMILES string of the molecule is Cc1ccc(Cl)cc1S(=O)(=O)N1CCCNC(=O)C1. The zero-order valence-electron chi connectivity index (χ0n) is 10.5. The summed E-state index contributed by atoms with van der Waals surface area (Å²) >= 11 is 5.86. The molecular formula is C12H15ClN2O3S. The fourth-order valence-electron chi connectivity index (χ4n) is 1.97. The topological polar surface area (TPSA) is 66.5 Å². The lowest BCUT2D eigenvalue weighted by molar-refractivity contribution is -0.120. The Morgan fingerprint density at radius 1 is 1.37 bits per heavy atom. The number of rotatable bonds is 2. The minimum absolute atomic E-state index is 0.145. The van der Waals surface area contributed by atoms with Gasteiger partial charge in [0.2, 0.25) is 15.9 Å². The number of carbonyl (C=O) groups excluding carboxylic acids is 1. The van der Waals surface area contributed by atoms with Crippen LogP contribution in [0.1, 0.15) is 12.0 Å². The molecule has 0 aliphatic carbocycles. The number of sulfonamides is 1. The van der Waals surface area contributed by atoms with Gasteiger partial charge in [0.15, 0.2) is 0 Å². The van der Waals surface area contributed by atoms with Crippen molar-refractivity contribution in [3.05, 3.63) is 28.8 Å². The van der Waals surface area contributed by atoms with Crippen LogP contribution in [0.2, 0.25) is 5.02 Å². The van der Waals surface area contributed by atoms with Crippen LogP contribution in [0.15, 0.2) is 23.1 Å². The van der Waals surface area contributed by atoms with Gasteiger partial charge in [0, 0.05) is 18.1 Å². The van der Waals surface area contributed by atoms with Crippen molar-refractivity contribution in [1.82, 2.24) is 9.62 Å². The van der Waals surface area contributed by atoms with Crippen molar-refractivity contribution >= 4 is 27.5 Å². The second kappa shape index (κ2) is 5.48. The van der Waals surface area contributed by atoms with Gasteiger partial charge in [-0.2, -0.15) is 4.31 Å². The van der Waals surface area contributed by atoms with Gasteiger partial charge in [-0.3, -0.25) is 4.79 Å². The van der Waals surface area contributed by atoms with Gasteiger partial charge in [0.05, 0.1) is 11.4 Å². The van der Waals surface area contributed by atoms with Crippen LogP contribution in [0.5, 0.6) is 0 Å². The number of aryl methyl sites for hydroxylation is 1. The van der Waals surface area contributed by atoms with Gasteiger partial charge >= 0.3 is 0 Å². The molecule has 1 heterocycles. The van der Waals surface area contributed by atoms with E-state index in [1.165, 1.54) is 10.4 Å². The lowest BCUT2D eigenvalue weighted by Crippen LogP contribution is -2.37. The third-order valence-electron chi connectivity index (χ3n) is 2.99. The van der Waals surface area contributed by atoms with E-state index in [-0.39, 0.29) is 17.3 Å². The Balaban J connectivity index is 2.40. The van der Waals surface area contributed by atoms with Crippen LogP contribution in [0.3, 0.4) is 0 Å². The van der Waals surface area contributed by atoms with E-state index in [1.54, 1.807) is 19.1 Å². The largest absolute Gasteiger partial charge is 0.355 e. The monoisotopic (exact) mass is 302 g/mol. The van der Waals surface area contributed by atoms with Crippen LogP contribution in [0, 0.1) is 6.92 Å². The first kappa shape index (κ1) is 14.3. The maximum atomic E-state index is 12.5. The van der Waals surface area contributed by atoms with E-state index >= 15 is 0 Å². The van der Waals surface area contributed by atoms with E-state index in [0.29, 0.717) is 30.1 Å². The third-order valence-corrected chi connectivity index (χ3v) is 5.22. The van der Waals surface area contributed by atoms with Gasteiger partial charge in [-0.25, -0.2) is 8.42 Å². The van der Waals surface area contributed by atoms with Crippen molar-refractivity contribution in [2.24, 2.45) is 0 Å². The Kier molecular flexibility index (Phi) is 4.13. The molecular weight excluding hydrogens is 288 g/mol. The Labute approximate surface area is 117 Å². The number of hydrogen-bond donors (Lipinski definition) is 1. The molecule has 0 saturated carbocycles. The number of hydrogen-bond acceptors (Lipinski definition) is 3. The quantitative estimate of drug-likeness (QED) is 0.891. The molecule has 19 heavy (non-hydrogen) atoms. The van der Waals surface area contributed by atoms with E-state index in [0.717, 1.165) is 0 Å². The highest BCUT2D eigenvalue weighted by molar-refractivity contribution is 7.89. The molecule has 1 N–H and O–H groups in total. The standard InChI is InChI=1S/C12H15ClN2O3S/c1-9-3-4-10(13)7-11(9)19(17,18)15-6-2-5-14-12(16)8-15/h3-4,7H,2,5-6,8H2,1H3,(H,14,16). The van der Waals surface area contributed by atoms with Crippen molar-refractivity contribution in [3.8, 4) is 0 Å². The highest BCUT2D eigenvalue weighted by Gasteiger charge is 2.29. The second-order valence-corrected chi connectivity index (χ2v) is 6.79. The molecule has 0 spiro atoms. The van der Waals surface area contributed by atoms with Gasteiger partial charge in [0.1, 0.15) is 0 Å². The molecule has 104 valence electrons. The highest BCUT2D eigenvalue weighted by Crippen LogP contribution is 2.24. The number of amides is 1. The average Bonchev–Trinajstić information content (AvgIpc) is 2.57. The van der Waals surface area contributed by atoms with Gasteiger partial charge in [-0.1, -0.05) is 17.7 Å².